The van der Waals surface area contributed by atoms with Crippen LogP contribution in [0.3, 0.4) is 0 Å². The van der Waals surface area contributed by atoms with Crippen molar-refractivity contribution in [3.8, 4) is 0 Å². The number of aromatic nitrogens is 1. The molecule has 1 aliphatic heterocycles. The molecule has 3 N–H and O–H groups in total. The number of hydrogen-bond acceptors (Lipinski definition) is 5. The molecule has 7 nitrogen and oxygen atoms in total. The van der Waals surface area contributed by atoms with E-state index in [1.807, 2.05) is 6.08 Å². The van der Waals surface area contributed by atoms with Crippen molar-refractivity contribution in [1.29, 1.82) is 0 Å². The van der Waals surface area contributed by atoms with Crippen LogP contribution in [0.15, 0.2) is 60.3 Å². The van der Waals surface area contributed by atoms with Gasteiger partial charge < -0.3 is 20.6 Å². The predicted octanol–water partition coefficient (Wildman–Crippen LogP) is 4.38. The van der Waals surface area contributed by atoms with Crippen LogP contribution in [-0.2, 0) is 4.79 Å². The lowest BCUT2D eigenvalue weighted by Crippen LogP contribution is -2.36. The molecule has 1 aromatic carbocycles. The largest absolute Gasteiger partial charge is 0.393 e. The zero-order valence-electron chi connectivity index (χ0n) is 17.8. The van der Waals surface area contributed by atoms with Gasteiger partial charge in [-0.05, 0) is 49.6 Å². The minimum atomic E-state index is -0.326. The van der Waals surface area contributed by atoms with Crippen LogP contribution in [0.1, 0.15) is 29.6 Å². The van der Waals surface area contributed by atoms with E-state index in [-0.39, 0.29) is 23.3 Å². The summed E-state index contributed by atoms with van der Waals surface area (Å²) in [6.45, 7) is 1.47. The van der Waals surface area contributed by atoms with E-state index in [1.165, 1.54) is 6.20 Å². The summed E-state index contributed by atoms with van der Waals surface area (Å²) in [5.74, 6) is 0.161. The average molecular weight is 487 g/mol. The Bertz CT molecular complexity index is 1090. The highest BCUT2D eigenvalue weighted by Gasteiger charge is 2.19. The van der Waals surface area contributed by atoms with E-state index in [2.05, 4.69) is 20.5 Å². The molecule has 1 saturated heterocycles. The number of rotatable bonds is 5. The van der Waals surface area contributed by atoms with E-state index in [0.29, 0.717) is 46.8 Å². The number of alkyl halides is 1. The monoisotopic (exact) mass is 486 g/mol. The number of anilines is 3. The Labute approximate surface area is 202 Å². The van der Waals surface area contributed by atoms with Gasteiger partial charge >= 0.3 is 0 Å². The molecule has 0 spiro atoms. The van der Waals surface area contributed by atoms with Crippen molar-refractivity contribution in [1.82, 2.24) is 4.98 Å². The van der Waals surface area contributed by atoms with Crippen LogP contribution in [0.2, 0.25) is 5.02 Å². The summed E-state index contributed by atoms with van der Waals surface area (Å²) in [6.07, 6.45) is 8.41. The summed E-state index contributed by atoms with van der Waals surface area (Å²) in [4.78, 5) is 31.7. The molecule has 33 heavy (non-hydrogen) atoms. The molecule has 1 aliphatic carbocycles. The Balaban J connectivity index is 1.40. The number of pyridine rings is 1. The fraction of sp³-hybridized carbons (Fsp3) is 0.292. The molecular formula is C24H24Cl2N4O3. The molecule has 1 unspecified atom stereocenters. The number of aliphatic hydroxyl groups is 1. The van der Waals surface area contributed by atoms with Crippen LogP contribution >= 0.6 is 23.2 Å². The molecule has 9 heteroatoms. The van der Waals surface area contributed by atoms with E-state index < -0.39 is 0 Å². The molecule has 0 radical (unpaired) electrons. The minimum Gasteiger partial charge on any atom is -0.393 e. The van der Waals surface area contributed by atoms with Crippen molar-refractivity contribution >= 4 is 52.2 Å². The second kappa shape index (κ2) is 10.4. The fourth-order valence-corrected chi connectivity index (χ4v) is 4.13. The highest BCUT2D eigenvalue weighted by molar-refractivity contribution is 6.34. The number of benzene rings is 1. The van der Waals surface area contributed by atoms with Crippen molar-refractivity contribution < 1.29 is 14.7 Å². The topological polar surface area (TPSA) is 94.6 Å². The number of nitrogens with one attached hydrogen (secondary N) is 2. The van der Waals surface area contributed by atoms with E-state index in [0.717, 1.165) is 18.9 Å². The lowest BCUT2D eigenvalue weighted by molar-refractivity contribution is -0.113. The molecule has 2 aromatic rings. The van der Waals surface area contributed by atoms with Gasteiger partial charge in [0.15, 0.2) is 0 Å². The van der Waals surface area contributed by atoms with Crippen LogP contribution in [0.25, 0.3) is 0 Å². The average Bonchev–Trinajstić information content (AvgIpc) is 2.82. The van der Waals surface area contributed by atoms with Gasteiger partial charge in [-0.2, -0.15) is 0 Å². The van der Waals surface area contributed by atoms with E-state index in [9.17, 15) is 14.7 Å². The number of halogens is 2. The highest BCUT2D eigenvalue weighted by atomic mass is 35.5. The van der Waals surface area contributed by atoms with E-state index in [1.54, 1.807) is 42.5 Å². The third kappa shape index (κ3) is 5.93. The van der Waals surface area contributed by atoms with E-state index in [4.69, 9.17) is 23.2 Å². The maximum absolute atomic E-state index is 12.7. The molecule has 172 valence electrons. The van der Waals surface area contributed by atoms with Crippen molar-refractivity contribution in [3.63, 3.8) is 0 Å². The molecule has 2 aliphatic rings. The third-order valence-corrected chi connectivity index (χ3v) is 6.22. The normalized spacial score (nSPS) is 18.6. The molecule has 2 amide bonds. The number of hydrogen-bond donors (Lipinski definition) is 3. The number of carbonyl (C=O) groups excluding carboxylic acids is 2. The van der Waals surface area contributed by atoms with Crippen LogP contribution < -0.4 is 15.5 Å². The van der Waals surface area contributed by atoms with Gasteiger partial charge in [0.25, 0.3) is 11.8 Å². The van der Waals surface area contributed by atoms with Gasteiger partial charge in [-0.1, -0.05) is 29.8 Å². The highest BCUT2D eigenvalue weighted by Crippen LogP contribution is 2.28. The second-order valence-electron chi connectivity index (χ2n) is 8.02. The molecule has 2 heterocycles. The van der Waals surface area contributed by atoms with Gasteiger partial charge in [0.1, 0.15) is 5.82 Å². The van der Waals surface area contributed by atoms with Crippen LogP contribution in [0.5, 0.6) is 0 Å². The first-order valence-electron chi connectivity index (χ1n) is 10.7. The summed E-state index contributed by atoms with van der Waals surface area (Å²) in [6, 6.07) is 8.40. The van der Waals surface area contributed by atoms with E-state index >= 15 is 0 Å². The SMILES string of the molecule is O=C(Nc1cc(NC(=O)c2ccc(N3CCC(O)CC3)nc2)ccc1Cl)C1=CC=CC(Cl)C1. The Hall–Kier alpha value is -2.87. The minimum absolute atomic E-state index is 0.224. The standard InChI is InChI=1S/C24H24Cl2N4O3/c25-17-3-1-2-15(12-17)23(32)29-21-13-18(5-6-20(21)26)28-24(33)16-4-7-22(27-14-16)30-10-8-19(31)9-11-30/h1-7,13-14,17,19,31H,8-12H2,(H,28,33)(H,29,32). The van der Waals surface area contributed by atoms with Gasteiger partial charge in [-0.15, -0.1) is 11.6 Å². The van der Waals surface area contributed by atoms with Gasteiger partial charge in [0.2, 0.25) is 0 Å². The molecule has 0 saturated carbocycles. The Morgan fingerprint density at radius 3 is 2.58 bits per heavy atom. The number of amides is 2. The Kier molecular flexibility index (Phi) is 7.33. The number of carbonyl (C=O) groups is 2. The lowest BCUT2D eigenvalue weighted by atomic mass is 10.0. The first-order valence-corrected chi connectivity index (χ1v) is 11.5. The summed E-state index contributed by atoms with van der Waals surface area (Å²) in [7, 11) is 0. The summed E-state index contributed by atoms with van der Waals surface area (Å²) in [5.41, 5.74) is 1.84. The smallest absolute Gasteiger partial charge is 0.257 e. The van der Waals surface area contributed by atoms with Crippen LogP contribution in [0, 0.1) is 0 Å². The molecule has 1 aromatic heterocycles. The first kappa shape index (κ1) is 23.3. The summed E-state index contributed by atoms with van der Waals surface area (Å²) < 4.78 is 0. The predicted molar refractivity (Wildman–Crippen MR) is 131 cm³/mol. The zero-order valence-corrected chi connectivity index (χ0v) is 19.3. The van der Waals surface area contributed by atoms with Crippen LogP contribution in [0.4, 0.5) is 17.2 Å². The molecule has 1 fully saturated rings. The van der Waals surface area contributed by atoms with Gasteiger partial charge in [0, 0.05) is 30.5 Å². The van der Waals surface area contributed by atoms with Crippen molar-refractivity contribution in [2.24, 2.45) is 0 Å². The molecular weight excluding hydrogens is 463 g/mol. The molecule has 0 bridgehead atoms. The molecule has 4 rings (SSSR count). The summed E-state index contributed by atoms with van der Waals surface area (Å²) >= 11 is 12.3. The Morgan fingerprint density at radius 1 is 1.09 bits per heavy atom. The maximum atomic E-state index is 12.7. The number of aliphatic hydroxyl groups excluding tert-OH is 1. The quantitative estimate of drug-likeness (QED) is 0.545. The zero-order chi connectivity index (χ0) is 23.4. The Morgan fingerprint density at radius 2 is 1.88 bits per heavy atom. The van der Waals surface area contributed by atoms with Gasteiger partial charge in [0.05, 0.1) is 27.8 Å². The van der Waals surface area contributed by atoms with Crippen molar-refractivity contribution in [3.05, 3.63) is 70.9 Å². The fourth-order valence-electron chi connectivity index (χ4n) is 3.71. The second-order valence-corrected chi connectivity index (χ2v) is 8.99. The summed E-state index contributed by atoms with van der Waals surface area (Å²) in [5, 5.41) is 15.4. The lowest BCUT2D eigenvalue weighted by Gasteiger charge is -2.30. The third-order valence-electron chi connectivity index (χ3n) is 5.59. The van der Waals surface area contributed by atoms with Crippen molar-refractivity contribution in [2.75, 3.05) is 28.6 Å². The number of piperidine rings is 1. The van der Waals surface area contributed by atoms with Gasteiger partial charge in [-0.3, -0.25) is 9.59 Å². The van der Waals surface area contributed by atoms with Crippen LogP contribution in [-0.4, -0.2) is 46.5 Å². The maximum Gasteiger partial charge on any atom is 0.257 e. The number of allylic oxidation sites excluding steroid dienone is 3. The van der Waals surface area contributed by atoms with Crippen molar-refractivity contribution in [2.45, 2.75) is 30.7 Å². The number of nitrogens with zero attached hydrogens (tertiary/aromatic N) is 2. The molecule has 1 atom stereocenters. The van der Waals surface area contributed by atoms with Gasteiger partial charge in [-0.25, -0.2) is 4.98 Å². The first-order chi connectivity index (χ1) is 15.9.